The Bertz CT molecular complexity index is 1740. The number of rotatable bonds is 8. The van der Waals surface area contributed by atoms with Crippen LogP contribution >= 0.6 is 11.8 Å². The van der Waals surface area contributed by atoms with Gasteiger partial charge in [0.15, 0.2) is 5.58 Å². The Kier molecular flexibility index (Phi) is 7.37. The molecule has 1 saturated heterocycles. The molecule has 1 N–H and O–H groups in total. The molecule has 1 fully saturated rings. The summed E-state index contributed by atoms with van der Waals surface area (Å²) < 4.78 is 16.5. The lowest BCUT2D eigenvalue weighted by molar-refractivity contribution is -0.121. The zero-order chi connectivity index (χ0) is 29.2. The average molecular weight is 580 g/mol. The van der Waals surface area contributed by atoms with E-state index in [4.69, 9.17) is 13.9 Å². The van der Waals surface area contributed by atoms with Crippen molar-refractivity contribution >= 4 is 52.0 Å². The maximum Gasteiger partial charge on any atom is 0.263 e. The van der Waals surface area contributed by atoms with Gasteiger partial charge in [0.2, 0.25) is 17.7 Å². The molecular weight excluding hydrogens is 554 g/mol. The fourth-order valence-electron chi connectivity index (χ4n) is 4.77. The van der Waals surface area contributed by atoms with E-state index in [0.29, 0.717) is 34.3 Å². The SMILES string of the molecule is COc1cccc(OC)c1C(=O)Nc1ccc(SC2CC(=O)N(c3ccc(-c4nc5ccccc5o4)cc3)C2=O)cc1. The number of nitrogens with one attached hydrogen (secondary N) is 1. The smallest absolute Gasteiger partial charge is 0.263 e. The van der Waals surface area contributed by atoms with Crippen LogP contribution in [0.25, 0.3) is 22.6 Å². The largest absolute Gasteiger partial charge is 0.496 e. The number of amides is 3. The van der Waals surface area contributed by atoms with Crippen molar-refractivity contribution in [2.75, 3.05) is 24.4 Å². The molecule has 0 aliphatic carbocycles. The predicted molar refractivity (Wildman–Crippen MR) is 160 cm³/mol. The molecule has 2 heterocycles. The van der Waals surface area contributed by atoms with E-state index in [-0.39, 0.29) is 29.7 Å². The molecule has 4 aromatic carbocycles. The molecule has 6 rings (SSSR count). The molecule has 0 radical (unpaired) electrons. The molecule has 1 atom stereocenters. The Morgan fingerprint density at radius 2 is 1.60 bits per heavy atom. The molecule has 1 aromatic heterocycles. The van der Waals surface area contributed by atoms with E-state index in [2.05, 4.69) is 10.3 Å². The third-order valence-electron chi connectivity index (χ3n) is 6.82. The van der Waals surface area contributed by atoms with Crippen LogP contribution in [0.3, 0.4) is 0 Å². The van der Waals surface area contributed by atoms with Crippen molar-refractivity contribution in [1.29, 1.82) is 0 Å². The second-order valence-corrected chi connectivity index (χ2v) is 10.7. The van der Waals surface area contributed by atoms with Gasteiger partial charge >= 0.3 is 0 Å². The van der Waals surface area contributed by atoms with E-state index < -0.39 is 5.25 Å². The van der Waals surface area contributed by atoms with E-state index in [0.717, 1.165) is 16.0 Å². The summed E-state index contributed by atoms with van der Waals surface area (Å²) in [6, 6.07) is 26.7. The normalized spacial score (nSPS) is 14.8. The first-order chi connectivity index (χ1) is 20.4. The van der Waals surface area contributed by atoms with Gasteiger partial charge in [-0.3, -0.25) is 14.4 Å². The number of para-hydroxylation sites is 2. The molecular formula is C32H25N3O6S. The number of aromatic nitrogens is 1. The number of anilines is 2. The van der Waals surface area contributed by atoms with Crippen LogP contribution in [0.2, 0.25) is 0 Å². The molecule has 42 heavy (non-hydrogen) atoms. The van der Waals surface area contributed by atoms with Gasteiger partial charge in [-0.2, -0.15) is 0 Å². The summed E-state index contributed by atoms with van der Waals surface area (Å²) in [4.78, 5) is 45.6. The molecule has 5 aromatic rings. The summed E-state index contributed by atoms with van der Waals surface area (Å²) in [6.07, 6.45) is 0.0858. The third-order valence-corrected chi connectivity index (χ3v) is 8.01. The monoisotopic (exact) mass is 579 g/mol. The first-order valence-corrected chi connectivity index (χ1v) is 13.9. The molecule has 210 valence electrons. The number of fused-ring (bicyclic) bond motifs is 1. The van der Waals surface area contributed by atoms with Crippen LogP contribution in [-0.4, -0.2) is 42.2 Å². The Morgan fingerprint density at radius 3 is 2.26 bits per heavy atom. The fourth-order valence-corrected chi connectivity index (χ4v) is 5.82. The summed E-state index contributed by atoms with van der Waals surface area (Å²) in [7, 11) is 2.98. The van der Waals surface area contributed by atoms with Gasteiger partial charge in [0.25, 0.3) is 5.91 Å². The maximum atomic E-state index is 13.3. The molecule has 1 aliphatic heterocycles. The highest BCUT2D eigenvalue weighted by molar-refractivity contribution is 8.00. The summed E-state index contributed by atoms with van der Waals surface area (Å²) in [5, 5.41) is 2.29. The first kappa shape index (κ1) is 27.1. The molecule has 1 aliphatic rings. The Morgan fingerprint density at radius 1 is 0.905 bits per heavy atom. The topological polar surface area (TPSA) is 111 Å². The highest BCUT2D eigenvalue weighted by Gasteiger charge is 2.40. The summed E-state index contributed by atoms with van der Waals surface area (Å²) >= 11 is 1.31. The van der Waals surface area contributed by atoms with Crippen molar-refractivity contribution in [1.82, 2.24) is 4.98 Å². The van der Waals surface area contributed by atoms with E-state index in [9.17, 15) is 14.4 Å². The van der Waals surface area contributed by atoms with E-state index in [1.54, 1.807) is 66.7 Å². The van der Waals surface area contributed by atoms with Gasteiger partial charge in [-0.1, -0.05) is 18.2 Å². The summed E-state index contributed by atoms with van der Waals surface area (Å²) in [6.45, 7) is 0. The Balaban J connectivity index is 1.12. The highest BCUT2D eigenvalue weighted by atomic mass is 32.2. The maximum absolute atomic E-state index is 13.3. The van der Waals surface area contributed by atoms with Crippen LogP contribution in [0, 0.1) is 0 Å². The lowest BCUT2D eigenvalue weighted by Crippen LogP contribution is -2.31. The van der Waals surface area contributed by atoms with E-state index in [1.165, 1.54) is 30.9 Å². The van der Waals surface area contributed by atoms with Crippen LogP contribution in [0.1, 0.15) is 16.8 Å². The van der Waals surface area contributed by atoms with Crippen LogP contribution in [-0.2, 0) is 9.59 Å². The van der Waals surface area contributed by atoms with Gasteiger partial charge < -0.3 is 19.2 Å². The van der Waals surface area contributed by atoms with Crippen LogP contribution in [0.4, 0.5) is 11.4 Å². The van der Waals surface area contributed by atoms with Crippen molar-refractivity contribution in [3.05, 3.63) is 96.6 Å². The van der Waals surface area contributed by atoms with Crippen LogP contribution in [0.15, 0.2) is 100 Å². The first-order valence-electron chi connectivity index (χ1n) is 13.1. The van der Waals surface area contributed by atoms with Gasteiger partial charge in [0.1, 0.15) is 22.6 Å². The summed E-state index contributed by atoms with van der Waals surface area (Å²) in [5.74, 6) is 0.348. The zero-order valence-corrected chi connectivity index (χ0v) is 23.5. The quantitative estimate of drug-likeness (QED) is 0.217. The number of methoxy groups -OCH3 is 2. The summed E-state index contributed by atoms with van der Waals surface area (Å²) in [5.41, 5.74) is 3.54. The minimum absolute atomic E-state index is 0.0858. The lowest BCUT2D eigenvalue weighted by atomic mass is 10.1. The molecule has 0 saturated carbocycles. The molecule has 1 unspecified atom stereocenters. The molecule has 0 bridgehead atoms. The molecule has 10 heteroatoms. The van der Waals surface area contributed by atoms with Crippen molar-refractivity contribution < 1.29 is 28.3 Å². The van der Waals surface area contributed by atoms with Gasteiger partial charge in [0.05, 0.1) is 25.2 Å². The number of carbonyl (C=O) groups excluding carboxylic acids is 3. The number of thioether (sulfide) groups is 1. The number of imide groups is 1. The zero-order valence-electron chi connectivity index (χ0n) is 22.7. The van der Waals surface area contributed by atoms with Crippen LogP contribution in [0.5, 0.6) is 11.5 Å². The van der Waals surface area contributed by atoms with Gasteiger partial charge in [0, 0.05) is 22.6 Å². The van der Waals surface area contributed by atoms with Crippen molar-refractivity contribution in [3.8, 4) is 23.0 Å². The van der Waals surface area contributed by atoms with Crippen molar-refractivity contribution in [2.45, 2.75) is 16.6 Å². The van der Waals surface area contributed by atoms with Crippen LogP contribution < -0.4 is 19.7 Å². The van der Waals surface area contributed by atoms with E-state index >= 15 is 0 Å². The number of nitrogens with zero attached hydrogens (tertiary/aromatic N) is 2. The third kappa shape index (κ3) is 5.19. The minimum atomic E-state index is -0.563. The minimum Gasteiger partial charge on any atom is -0.496 e. The number of ether oxygens (including phenoxy) is 2. The number of carbonyl (C=O) groups is 3. The standard InChI is InChI=1S/C32H25N3O6S/c1-39-25-8-5-9-26(40-2)29(25)30(37)33-20-12-16-22(17-13-20)42-27-18-28(36)35(32(27)38)21-14-10-19(11-15-21)31-34-23-6-3-4-7-24(23)41-31/h3-17,27H,18H2,1-2H3,(H,33,37). The van der Waals surface area contributed by atoms with Crippen molar-refractivity contribution in [2.24, 2.45) is 0 Å². The molecule has 3 amide bonds. The number of oxazole rings is 1. The molecule has 9 nitrogen and oxygen atoms in total. The van der Waals surface area contributed by atoms with Crippen molar-refractivity contribution in [3.63, 3.8) is 0 Å². The average Bonchev–Trinajstić information content (AvgIpc) is 3.57. The van der Waals surface area contributed by atoms with Gasteiger partial charge in [-0.05, 0) is 72.8 Å². The second kappa shape index (κ2) is 11.4. The number of hydrogen-bond acceptors (Lipinski definition) is 8. The lowest BCUT2D eigenvalue weighted by Gasteiger charge is -2.15. The Labute approximate surface area is 245 Å². The second-order valence-electron chi connectivity index (χ2n) is 9.43. The Hall–Kier alpha value is -5.09. The fraction of sp³-hybridized carbons (Fsp3) is 0.125. The predicted octanol–water partition coefficient (Wildman–Crippen LogP) is 6.19. The number of benzene rings is 4. The molecule has 0 spiro atoms. The highest BCUT2D eigenvalue weighted by Crippen LogP contribution is 2.36. The van der Waals surface area contributed by atoms with Gasteiger partial charge in [-0.25, -0.2) is 9.88 Å². The van der Waals surface area contributed by atoms with Gasteiger partial charge in [-0.15, -0.1) is 11.8 Å². The number of hydrogen-bond donors (Lipinski definition) is 1. The van der Waals surface area contributed by atoms with E-state index in [1.807, 2.05) is 24.3 Å².